The minimum absolute atomic E-state index is 0. The van der Waals surface area contributed by atoms with Gasteiger partial charge in [-0.15, -0.1) is 0 Å². The van der Waals surface area contributed by atoms with Crippen LogP contribution in [0.1, 0.15) is 0 Å². The van der Waals surface area contributed by atoms with E-state index < -0.39 is 7.82 Å². The molecular formula is H4FLi2O4P. The van der Waals surface area contributed by atoms with Gasteiger partial charge >= 0.3 is 48.3 Å². The first kappa shape index (κ1) is 16.1. The molecule has 0 saturated heterocycles. The fourth-order valence-electron chi connectivity index (χ4n) is 0. The van der Waals surface area contributed by atoms with Crippen LogP contribution < -0.4 is 0 Å². The van der Waals surface area contributed by atoms with Gasteiger partial charge in [0, 0.05) is 0 Å². The van der Waals surface area contributed by atoms with E-state index in [1.807, 2.05) is 0 Å². The van der Waals surface area contributed by atoms with Crippen molar-refractivity contribution in [2.45, 2.75) is 0 Å². The van der Waals surface area contributed by atoms with Gasteiger partial charge in [0.2, 0.25) is 0 Å². The Labute approximate surface area is 67.6 Å². The molecule has 0 aromatic rings. The minimum atomic E-state index is -4.64. The molecule has 0 fully saturated rings. The van der Waals surface area contributed by atoms with E-state index in [2.05, 4.69) is 0 Å². The predicted molar refractivity (Wildman–Crippen MR) is 28.3 cm³/mol. The zero-order chi connectivity index (χ0) is 6.50. The predicted octanol–water partition coefficient (Wildman–Crippen LogP) is -1.54. The first-order valence-corrected chi connectivity index (χ1v) is 2.73. The monoisotopic (exact) mass is 132 g/mol. The van der Waals surface area contributed by atoms with Crippen LogP contribution >= 0.6 is 7.82 Å². The Kier molecular flexibility index (Phi) is 16.6. The van der Waals surface area contributed by atoms with Crippen molar-refractivity contribution >= 4 is 44.9 Å². The first-order chi connectivity index (χ1) is 3.00. The molecule has 42 valence electrons. The molecule has 0 aliphatic rings. The summed E-state index contributed by atoms with van der Waals surface area (Å²) >= 11 is 0.500. The number of hydrogen-bond donors (Lipinski definition) is 3. The third-order valence-corrected chi connectivity index (χ3v) is 0. The Morgan fingerprint density at radius 2 is 1.25 bits per heavy atom. The summed E-state index contributed by atoms with van der Waals surface area (Å²) in [5, 5.41) is 0. The molecule has 8 heteroatoms. The zero-order valence-electron chi connectivity index (χ0n) is 3.58. The average molecular weight is 132 g/mol. The molecule has 0 heterocycles. The summed E-state index contributed by atoms with van der Waals surface area (Å²) in [6.45, 7) is 0. The first-order valence-electron chi connectivity index (χ1n) is 1.16. The Balaban J connectivity index is -0.0000000750. The van der Waals surface area contributed by atoms with Crippen molar-refractivity contribution in [2.75, 3.05) is 0 Å². The number of hydrogen-bond acceptors (Lipinski definition) is 1. The molecule has 0 bridgehead atoms. The molecule has 8 heavy (non-hydrogen) atoms. The summed E-state index contributed by atoms with van der Waals surface area (Å²) in [7, 11) is -4.64. The van der Waals surface area contributed by atoms with Crippen LogP contribution in [0, 0.1) is 0 Å². The van der Waals surface area contributed by atoms with Gasteiger partial charge in [0.1, 0.15) is 0 Å². The van der Waals surface area contributed by atoms with Crippen molar-refractivity contribution in [3.8, 4) is 0 Å². The quantitative estimate of drug-likeness (QED) is 0.275. The molecule has 3 N–H and O–H groups in total. The number of phosphoric acid groups is 1. The van der Waals surface area contributed by atoms with Gasteiger partial charge in [-0.1, -0.05) is 0 Å². The average Bonchev–Trinajstić information content (AvgIpc) is 1.36. The van der Waals surface area contributed by atoms with Gasteiger partial charge < -0.3 is 14.7 Å². The standard InChI is InChI=1S/FH.2Li.H3O4P.H/c;;;1-5(2,3)4;/h1H;;;(H3,1,2,3,4);/q;;+1;;/p-1. The Morgan fingerprint density at radius 1 is 1.25 bits per heavy atom. The molecule has 0 radical (unpaired) electrons. The second kappa shape index (κ2) is 8.23. The van der Waals surface area contributed by atoms with E-state index in [1.54, 1.807) is 0 Å². The van der Waals surface area contributed by atoms with Crippen LogP contribution in [-0.2, 0) is 4.57 Å². The van der Waals surface area contributed by atoms with Crippen LogP contribution in [0.4, 0.5) is 3.38 Å². The van der Waals surface area contributed by atoms with Gasteiger partial charge in [0.25, 0.3) is 0 Å². The Hall–Kier alpha value is 1.23. The molecule has 0 spiro atoms. The second-order valence-corrected chi connectivity index (χ2v) is 1.54. The molecular weight excluding hydrogens is 128 g/mol. The maximum atomic E-state index is 9.50. The summed E-state index contributed by atoms with van der Waals surface area (Å²) < 4.78 is 18.4. The molecule has 0 amide bonds. The number of halogens is 1. The fourth-order valence-corrected chi connectivity index (χ4v) is 0. The number of rotatable bonds is 0. The molecule has 0 aromatic heterocycles. The van der Waals surface area contributed by atoms with E-state index >= 15 is 0 Å². The van der Waals surface area contributed by atoms with Gasteiger partial charge in [-0.3, -0.25) is 0 Å². The van der Waals surface area contributed by atoms with E-state index in [9.17, 15) is 3.38 Å². The van der Waals surface area contributed by atoms with E-state index in [4.69, 9.17) is 19.2 Å². The van der Waals surface area contributed by atoms with Gasteiger partial charge in [0.05, 0.1) is 0 Å². The van der Waals surface area contributed by atoms with E-state index in [-0.39, 0.29) is 18.9 Å². The Bertz CT molecular complexity index is 60.2. The van der Waals surface area contributed by atoms with Crippen LogP contribution in [0.25, 0.3) is 0 Å². The van der Waals surface area contributed by atoms with Crippen molar-refractivity contribution in [1.29, 1.82) is 0 Å². The molecule has 0 aromatic carbocycles. The van der Waals surface area contributed by atoms with Gasteiger partial charge in [0.15, 0.2) is 0 Å². The third kappa shape index (κ3) is 184. The van der Waals surface area contributed by atoms with Gasteiger partial charge in [-0.05, 0) is 0 Å². The summed E-state index contributed by atoms with van der Waals surface area (Å²) in [5.41, 5.74) is 0. The van der Waals surface area contributed by atoms with Crippen LogP contribution in [0.3, 0.4) is 0 Å². The fraction of sp³-hybridized carbons (Fsp3) is 0. The summed E-state index contributed by atoms with van der Waals surface area (Å²) in [6, 6.07) is 0. The van der Waals surface area contributed by atoms with Crippen LogP contribution in [-0.4, -0.2) is 51.7 Å². The SMILES string of the molecule is O=P(O)(O)O.[LiH].[Li][F]. The zero-order valence-corrected chi connectivity index (χ0v) is 4.47. The molecule has 4 nitrogen and oxygen atoms in total. The Morgan fingerprint density at radius 3 is 1.25 bits per heavy atom. The van der Waals surface area contributed by atoms with Crippen molar-refractivity contribution in [2.24, 2.45) is 0 Å². The molecule has 0 saturated carbocycles. The van der Waals surface area contributed by atoms with E-state index in [0.717, 1.165) is 0 Å². The van der Waals surface area contributed by atoms with Crippen LogP contribution in [0.5, 0.6) is 0 Å². The normalized spacial score (nSPS) is 8.25. The van der Waals surface area contributed by atoms with E-state index in [0.29, 0.717) is 18.2 Å². The molecule has 0 rings (SSSR count). The molecule has 0 aliphatic carbocycles. The molecule has 0 unspecified atom stereocenters. The van der Waals surface area contributed by atoms with Crippen molar-refractivity contribution in [3.63, 3.8) is 0 Å². The summed E-state index contributed by atoms with van der Waals surface area (Å²) in [4.78, 5) is 21.6. The summed E-state index contributed by atoms with van der Waals surface area (Å²) in [6.07, 6.45) is 0. The van der Waals surface area contributed by atoms with Crippen molar-refractivity contribution in [1.82, 2.24) is 0 Å². The van der Waals surface area contributed by atoms with Crippen molar-refractivity contribution in [3.05, 3.63) is 0 Å². The van der Waals surface area contributed by atoms with Gasteiger partial charge in [-0.25, -0.2) is 4.57 Å². The van der Waals surface area contributed by atoms with Crippen LogP contribution in [0.15, 0.2) is 0 Å². The van der Waals surface area contributed by atoms with E-state index in [1.165, 1.54) is 0 Å². The summed E-state index contributed by atoms with van der Waals surface area (Å²) in [5.74, 6) is 0. The van der Waals surface area contributed by atoms with Crippen molar-refractivity contribution < 1.29 is 22.6 Å². The molecule has 0 aliphatic heterocycles. The second-order valence-electron chi connectivity index (χ2n) is 0.513. The van der Waals surface area contributed by atoms with Gasteiger partial charge in [-0.2, -0.15) is 0 Å². The topological polar surface area (TPSA) is 77.8 Å². The van der Waals surface area contributed by atoms with Crippen LogP contribution in [0.2, 0.25) is 0 Å². The molecule has 0 atom stereocenters. The third-order valence-electron chi connectivity index (χ3n) is 0. The maximum absolute atomic E-state index is 9.50.